The molecular weight excluding hydrogens is 268 g/mol. The lowest BCUT2D eigenvalue weighted by molar-refractivity contribution is -0.122. The van der Waals surface area contributed by atoms with E-state index in [-0.39, 0.29) is 5.91 Å². The molecule has 3 nitrogen and oxygen atoms in total. The molecular formula is C16H28N2OS. The summed E-state index contributed by atoms with van der Waals surface area (Å²) in [5, 5.41) is 6.88. The summed E-state index contributed by atoms with van der Waals surface area (Å²) in [4.78, 5) is 12.2. The smallest absolute Gasteiger partial charge is 0.220 e. The summed E-state index contributed by atoms with van der Waals surface area (Å²) in [6.07, 6.45) is 13.2. The predicted molar refractivity (Wildman–Crippen MR) is 85.0 cm³/mol. The number of nitrogens with one attached hydrogen (secondary N) is 2. The maximum absolute atomic E-state index is 12.2. The third-order valence-electron chi connectivity index (χ3n) is 5.60. The molecule has 0 aromatic heterocycles. The molecule has 3 aliphatic rings. The first-order chi connectivity index (χ1) is 9.69. The van der Waals surface area contributed by atoms with Crippen molar-refractivity contribution in [2.24, 2.45) is 5.92 Å². The van der Waals surface area contributed by atoms with E-state index in [9.17, 15) is 4.79 Å². The van der Waals surface area contributed by atoms with Crippen LogP contribution < -0.4 is 10.6 Å². The average Bonchev–Trinajstić information content (AvgIpc) is 3.04. The molecule has 2 unspecified atom stereocenters. The Hall–Kier alpha value is -0.220. The summed E-state index contributed by atoms with van der Waals surface area (Å²) in [7, 11) is 0. The summed E-state index contributed by atoms with van der Waals surface area (Å²) in [6.45, 7) is 0.880. The molecule has 114 valence electrons. The van der Waals surface area contributed by atoms with Gasteiger partial charge in [-0.15, -0.1) is 0 Å². The highest BCUT2D eigenvalue weighted by Crippen LogP contribution is 2.39. The molecule has 2 heterocycles. The first kappa shape index (κ1) is 14.7. The zero-order valence-electron chi connectivity index (χ0n) is 12.6. The summed E-state index contributed by atoms with van der Waals surface area (Å²) in [5.74, 6) is 0.902. The molecule has 2 atom stereocenters. The number of carbonyl (C=O) groups is 1. The van der Waals surface area contributed by atoms with Gasteiger partial charge in [0, 0.05) is 29.8 Å². The Kier molecular flexibility index (Phi) is 4.61. The Morgan fingerprint density at radius 2 is 1.90 bits per heavy atom. The molecule has 0 aromatic carbocycles. The fourth-order valence-electron chi connectivity index (χ4n) is 4.41. The lowest BCUT2D eigenvalue weighted by atomic mass is 9.89. The molecule has 20 heavy (non-hydrogen) atoms. The van der Waals surface area contributed by atoms with Gasteiger partial charge in [-0.3, -0.25) is 4.79 Å². The van der Waals surface area contributed by atoms with Crippen molar-refractivity contribution >= 4 is 17.7 Å². The molecule has 1 saturated carbocycles. The average molecular weight is 296 g/mol. The fraction of sp³-hybridized carbons (Fsp3) is 0.938. The van der Waals surface area contributed by atoms with Gasteiger partial charge in [0.25, 0.3) is 0 Å². The van der Waals surface area contributed by atoms with Gasteiger partial charge in [0.1, 0.15) is 0 Å². The van der Waals surface area contributed by atoms with Crippen LogP contribution >= 0.6 is 11.8 Å². The van der Waals surface area contributed by atoms with E-state index in [1.165, 1.54) is 51.4 Å². The minimum absolute atomic E-state index is 0.289. The molecule has 2 N–H and O–H groups in total. The van der Waals surface area contributed by atoms with Gasteiger partial charge in [0.2, 0.25) is 5.91 Å². The van der Waals surface area contributed by atoms with E-state index in [2.05, 4.69) is 16.9 Å². The van der Waals surface area contributed by atoms with Crippen molar-refractivity contribution in [2.45, 2.75) is 74.6 Å². The van der Waals surface area contributed by atoms with Gasteiger partial charge in [-0.05, 0) is 50.7 Å². The number of fused-ring (bicyclic) bond motifs is 2. The fourth-order valence-corrected chi connectivity index (χ4v) is 5.32. The number of carbonyl (C=O) groups excluding carboxylic acids is 1. The molecule has 1 aliphatic carbocycles. The Labute approximate surface area is 127 Å². The highest BCUT2D eigenvalue weighted by atomic mass is 32.2. The van der Waals surface area contributed by atoms with Crippen molar-refractivity contribution < 1.29 is 4.79 Å². The maximum atomic E-state index is 12.2. The van der Waals surface area contributed by atoms with Crippen LogP contribution in [0.15, 0.2) is 0 Å². The Morgan fingerprint density at radius 1 is 1.25 bits per heavy atom. The van der Waals surface area contributed by atoms with Crippen molar-refractivity contribution in [2.75, 3.05) is 12.8 Å². The van der Waals surface area contributed by atoms with Crippen LogP contribution in [0.25, 0.3) is 0 Å². The van der Waals surface area contributed by atoms with Crippen molar-refractivity contribution in [3.05, 3.63) is 0 Å². The van der Waals surface area contributed by atoms with Gasteiger partial charge in [-0.1, -0.05) is 12.8 Å². The van der Waals surface area contributed by atoms with Crippen LogP contribution in [0.1, 0.15) is 57.8 Å². The predicted octanol–water partition coefficient (Wildman–Crippen LogP) is 2.70. The lowest BCUT2D eigenvalue weighted by Crippen LogP contribution is -2.42. The van der Waals surface area contributed by atoms with E-state index in [4.69, 9.17) is 0 Å². The Bertz CT molecular complexity index is 342. The molecule has 0 spiro atoms. The second kappa shape index (κ2) is 6.27. The number of thioether (sulfide) groups is 1. The normalized spacial score (nSPS) is 35.1. The molecule has 4 heteroatoms. The standard InChI is InChI=1S/C16H28N2OS/c1-20-16(6-2-3-7-16)11-17-15(19)10-12-8-13-4-5-14(9-12)18-13/h12-14,18H,2-11H2,1H3,(H,17,19). The van der Waals surface area contributed by atoms with Gasteiger partial charge in [0.15, 0.2) is 0 Å². The van der Waals surface area contributed by atoms with E-state index < -0.39 is 0 Å². The molecule has 3 fully saturated rings. The molecule has 0 radical (unpaired) electrons. The third-order valence-corrected chi connectivity index (χ3v) is 7.02. The molecule has 0 aromatic rings. The van der Waals surface area contributed by atoms with Gasteiger partial charge >= 0.3 is 0 Å². The quantitative estimate of drug-likeness (QED) is 0.819. The van der Waals surface area contributed by atoms with Gasteiger partial charge in [-0.25, -0.2) is 0 Å². The minimum Gasteiger partial charge on any atom is -0.355 e. The molecule has 3 rings (SSSR count). The van der Waals surface area contributed by atoms with Gasteiger partial charge < -0.3 is 10.6 Å². The molecule has 1 amide bonds. The summed E-state index contributed by atoms with van der Waals surface area (Å²) >= 11 is 1.95. The summed E-state index contributed by atoms with van der Waals surface area (Å²) in [5.41, 5.74) is 0. The van der Waals surface area contributed by atoms with Gasteiger partial charge in [-0.2, -0.15) is 11.8 Å². The molecule has 2 aliphatic heterocycles. The summed E-state index contributed by atoms with van der Waals surface area (Å²) < 4.78 is 0.336. The minimum atomic E-state index is 0.289. The Balaban J connectivity index is 1.43. The van der Waals surface area contributed by atoms with Crippen molar-refractivity contribution in [3.8, 4) is 0 Å². The highest BCUT2D eigenvalue weighted by molar-refractivity contribution is 8.00. The van der Waals surface area contributed by atoms with Crippen molar-refractivity contribution in [3.63, 3.8) is 0 Å². The number of hydrogen-bond acceptors (Lipinski definition) is 3. The van der Waals surface area contributed by atoms with E-state index in [0.717, 1.165) is 13.0 Å². The zero-order chi connectivity index (χ0) is 14.0. The maximum Gasteiger partial charge on any atom is 0.220 e. The second-order valence-electron chi connectivity index (χ2n) is 7.05. The summed E-state index contributed by atoms with van der Waals surface area (Å²) in [6, 6.07) is 1.39. The van der Waals surface area contributed by atoms with Crippen LogP contribution in [0.4, 0.5) is 0 Å². The number of hydrogen-bond donors (Lipinski definition) is 2. The molecule has 2 saturated heterocycles. The highest BCUT2D eigenvalue weighted by Gasteiger charge is 2.35. The zero-order valence-corrected chi connectivity index (χ0v) is 13.4. The van der Waals surface area contributed by atoms with Crippen LogP contribution in [-0.2, 0) is 4.79 Å². The van der Waals surface area contributed by atoms with Gasteiger partial charge in [0.05, 0.1) is 0 Å². The monoisotopic (exact) mass is 296 g/mol. The number of piperidine rings is 1. The Morgan fingerprint density at radius 3 is 2.50 bits per heavy atom. The molecule has 2 bridgehead atoms. The third kappa shape index (κ3) is 3.33. The van der Waals surface area contributed by atoms with Crippen molar-refractivity contribution in [1.82, 2.24) is 10.6 Å². The first-order valence-corrected chi connectivity index (χ1v) is 9.49. The van der Waals surface area contributed by atoms with Crippen LogP contribution in [0, 0.1) is 5.92 Å². The van der Waals surface area contributed by atoms with Crippen LogP contribution in [-0.4, -0.2) is 35.5 Å². The number of rotatable bonds is 5. The van der Waals surface area contributed by atoms with Crippen molar-refractivity contribution in [1.29, 1.82) is 0 Å². The van der Waals surface area contributed by atoms with E-state index >= 15 is 0 Å². The van der Waals surface area contributed by atoms with Crippen LogP contribution in [0.3, 0.4) is 0 Å². The van der Waals surface area contributed by atoms with E-state index in [1.54, 1.807) is 0 Å². The second-order valence-corrected chi connectivity index (χ2v) is 8.32. The number of amides is 1. The topological polar surface area (TPSA) is 41.1 Å². The van der Waals surface area contributed by atoms with Crippen LogP contribution in [0.5, 0.6) is 0 Å². The van der Waals surface area contributed by atoms with E-state index in [1.807, 2.05) is 11.8 Å². The lowest BCUT2D eigenvalue weighted by Gasteiger charge is -2.30. The first-order valence-electron chi connectivity index (χ1n) is 8.27. The van der Waals surface area contributed by atoms with Crippen LogP contribution in [0.2, 0.25) is 0 Å². The van der Waals surface area contributed by atoms with E-state index in [0.29, 0.717) is 22.7 Å². The largest absolute Gasteiger partial charge is 0.355 e. The SMILES string of the molecule is CSC1(CNC(=O)CC2CC3CCC(C2)N3)CCCC1.